The molecule has 0 bridgehead atoms. The third-order valence-corrected chi connectivity index (χ3v) is 3.95. The molecule has 0 spiro atoms. The van der Waals surface area contributed by atoms with Crippen LogP contribution >= 0.6 is 15.9 Å². The lowest BCUT2D eigenvalue weighted by Crippen LogP contribution is -2.01. The molecule has 1 aromatic heterocycles. The van der Waals surface area contributed by atoms with Gasteiger partial charge in [0, 0.05) is 4.47 Å². The summed E-state index contributed by atoms with van der Waals surface area (Å²) in [6.07, 6.45) is 3.30. The fraction of sp³-hybridized carbons (Fsp3) is 0.0556. The van der Waals surface area contributed by atoms with Crippen molar-refractivity contribution in [3.05, 3.63) is 82.1 Å². The van der Waals surface area contributed by atoms with Crippen molar-refractivity contribution >= 4 is 27.8 Å². The van der Waals surface area contributed by atoms with E-state index in [0.717, 1.165) is 21.4 Å². The van der Waals surface area contributed by atoms with Crippen LogP contribution in [0, 0.1) is 6.92 Å². The summed E-state index contributed by atoms with van der Waals surface area (Å²) in [5.74, 6) is -0.158. The first-order chi connectivity index (χ1) is 11.1. The number of carbonyl (C=O) groups is 1. The number of nitrogens with zero attached hydrogens (tertiary/aromatic N) is 3. The van der Waals surface area contributed by atoms with Crippen LogP contribution in [0.25, 0.3) is 11.8 Å². The van der Waals surface area contributed by atoms with Crippen molar-refractivity contribution in [1.82, 2.24) is 15.0 Å². The van der Waals surface area contributed by atoms with Gasteiger partial charge in [-0.15, -0.1) is 5.10 Å². The molecule has 23 heavy (non-hydrogen) atoms. The third kappa shape index (κ3) is 3.46. The molecule has 1 heterocycles. The predicted molar refractivity (Wildman–Crippen MR) is 93.6 cm³/mol. The second-order valence-electron chi connectivity index (χ2n) is 5.02. The Bertz CT molecular complexity index is 852. The summed E-state index contributed by atoms with van der Waals surface area (Å²) in [7, 11) is 0. The zero-order chi connectivity index (χ0) is 16.2. The van der Waals surface area contributed by atoms with Gasteiger partial charge in [-0.2, -0.15) is 0 Å². The lowest BCUT2D eigenvalue weighted by molar-refractivity contribution is 0.104. The van der Waals surface area contributed by atoms with Gasteiger partial charge < -0.3 is 0 Å². The molecule has 0 aliphatic carbocycles. The quantitative estimate of drug-likeness (QED) is 0.511. The Kier molecular flexibility index (Phi) is 4.48. The van der Waals surface area contributed by atoms with E-state index in [9.17, 15) is 4.79 Å². The van der Waals surface area contributed by atoms with Gasteiger partial charge in [-0.3, -0.25) is 4.79 Å². The minimum Gasteiger partial charge on any atom is -0.287 e. The van der Waals surface area contributed by atoms with Crippen LogP contribution in [-0.2, 0) is 0 Å². The first-order valence-corrected chi connectivity index (χ1v) is 7.90. The molecule has 0 N–H and O–H groups in total. The van der Waals surface area contributed by atoms with Gasteiger partial charge in [0.1, 0.15) is 0 Å². The number of halogens is 1. The SMILES string of the molecule is Cc1c(C(=O)/C=C/c2ccccc2)nnn1-c1ccc(Br)cc1. The number of rotatable bonds is 4. The van der Waals surface area contributed by atoms with Crippen LogP contribution in [0.15, 0.2) is 65.1 Å². The Balaban J connectivity index is 1.85. The van der Waals surface area contributed by atoms with Gasteiger partial charge in [0.25, 0.3) is 0 Å². The van der Waals surface area contributed by atoms with E-state index >= 15 is 0 Å². The number of ketones is 1. The minimum absolute atomic E-state index is 0.158. The van der Waals surface area contributed by atoms with E-state index < -0.39 is 0 Å². The molecule has 0 radical (unpaired) electrons. The molecule has 0 amide bonds. The van der Waals surface area contributed by atoms with Crippen LogP contribution in [0.1, 0.15) is 21.7 Å². The number of hydrogen-bond acceptors (Lipinski definition) is 3. The second kappa shape index (κ2) is 6.71. The van der Waals surface area contributed by atoms with Gasteiger partial charge in [-0.05, 0) is 42.8 Å². The topological polar surface area (TPSA) is 47.8 Å². The van der Waals surface area contributed by atoms with Crippen molar-refractivity contribution in [2.75, 3.05) is 0 Å². The average molecular weight is 368 g/mol. The standard InChI is InChI=1S/C18H14BrN3O/c1-13-18(17(23)12-7-14-5-3-2-4-6-14)20-21-22(13)16-10-8-15(19)9-11-16/h2-12H,1H3/b12-7+. The van der Waals surface area contributed by atoms with Gasteiger partial charge in [0.05, 0.1) is 11.4 Å². The summed E-state index contributed by atoms with van der Waals surface area (Å²) in [6, 6.07) is 17.4. The smallest absolute Gasteiger partial charge is 0.208 e. The Morgan fingerprint density at radius 1 is 1.09 bits per heavy atom. The Morgan fingerprint density at radius 2 is 1.78 bits per heavy atom. The van der Waals surface area contributed by atoms with Crippen molar-refractivity contribution in [2.24, 2.45) is 0 Å². The fourth-order valence-corrected chi connectivity index (χ4v) is 2.46. The first-order valence-electron chi connectivity index (χ1n) is 7.11. The Hall–Kier alpha value is -2.53. The second-order valence-corrected chi connectivity index (χ2v) is 5.94. The zero-order valence-electron chi connectivity index (χ0n) is 12.5. The maximum Gasteiger partial charge on any atom is 0.208 e. The van der Waals surface area contributed by atoms with E-state index in [0.29, 0.717) is 5.69 Å². The minimum atomic E-state index is -0.158. The van der Waals surface area contributed by atoms with Crippen molar-refractivity contribution in [2.45, 2.75) is 6.92 Å². The summed E-state index contributed by atoms with van der Waals surface area (Å²) in [6.45, 7) is 1.84. The highest BCUT2D eigenvalue weighted by Gasteiger charge is 2.15. The van der Waals surface area contributed by atoms with Crippen LogP contribution < -0.4 is 0 Å². The molecule has 0 aliphatic rings. The summed E-state index contributed by atoms with van der Waals surface area (Å²) in [5, 5.41) is 8.12. The summed E-state index contributed by atoms with van der Waals surface area (Å²) in [4.78, 5) is 12.3. The fourth-order valence-electron chi connectivity index (χ4n) is 2.20. The maximum atomic E-state index is 12.3. The highest BCUT2D eigenvalue weighted by Crippen LogP contribution is 2.16. The molecule has 3 rings (SSSR count). The Labute approximate surface area is 142 Å². The monoisotopic (exact) mass is 367 g/mol. The van der Waals surface area contributed by atoms with Crippen molar-refractivity contribution < 1.29 is 4.79 Å². The first kappa shape index (κ1) is 15.4. The van der Waals surface area contributed by atoms with Gasteiger partial charge in [0.2, 0.25) is 5.78 Å². The summed E-state index contributed by atoms with van der Waals surface area (Å²) in [5.41, 5.74) is 2.92. The molecular weight excluding hydrogens is 354 g/mol. The molecule has 4 nitrogen and oxygen atoms in total. The van der Waals surface area contributed by atoms with E-state index in [1.54, 1.807) is 10.8 Å². The van der Waals surface area contributed by atoms with Gasteiger partial charge in [-0.25, -0.2) is 4.68 Å². The van der Waals surface area contributed by atoms with E-state index in [4.69, 9.17) is 0 Å². The molecule has 2 aromatic carbocycles. The number of allylic oxidation sites excluding steroid dienone is 1. The highest BCUT2D eigenvalue weighted by molar-refractivity contribution is 9.10. The lowest BCUT2D eigenvalue weighted by Gasteiger charge is -2.03. The molecule has 3 aromatic rings. The van der Waals surface area contributed by atoms with E-state index in [1.807, 2.05) is 61.5 Å². The average Bonchev–Trinajstić information content (AvgIpc) is 2.96. The van der Waals surface area contributed by atoms with E-state index in [2.05, 4.69) is 26.2 Å². The molecular formula is C18H14BrN3O. The van der Waals surface area contributed by atoms with E-state index in [1.165, 1.54) is 6.08 Å². The zero-order valence-corrected chi connectivity index (χ0v) is 14.1. The Morgan fingerprint density at radius 3 is 2.48 bits per heavy atom. The molecule has 0 aliphatic heterocycles. The molecule has 5 heteroatoms. The predicted octanol–water partition coefficient (Wildman–Crippen LogP) is 4.23. The molecule has 0 unspecified atom stereocenters. The van der Waals surface area contributed by atoms with E-state index in [-0.39, 0.29) is 5.78 Å². The molecule has 0 fully saturated rings. The number of carbonyl (C=O) groups excluding carboxylic acids is 1. The maximum absolute atomic E-state index is 12.3. The van der Waals surface area contributed by atoms with Gasteiger partial charge in [0.15, 0.2) is 5.69 Å². The lowest BCUT2D eigenvalue weighted by atomic mass is 10.1. The summed E-state index contributed by atoms with van der Waals surface area (Å²) >= 11 is 3.40. The van der Waals surface area contributed by atoms with Crippen LogP contribution in [0.4, 0.5) is 0 Å². The van der Waals surface area contributed by atoms with Gasteiger partial charge >= 0.3 is 0 Å². The largest absolute Gasteiger partial charge is 0.287 e. The molecule has 0 saturated heterocycles. The van der Waals surface area contributed by atoms with Crippen molar-refractivity contribution in [3.8, 4) is 5.69 Å². The normalized spacial score (nSPS) is 11.0. The third-order valence-electron chi connectivity index (χ3n) is 3.43. The van der Waals surface area contributed by atoms with Gasteiger partial charge in [-0.1, -0.05) is 57.6 Å². The van der Waals surface area contributed by atoms with Crippen LogP contribution in [0.2, 0.25) is 0 Å². The van der Waals surface area contributed by atoms with Crippen LogP contribution in [0.5, 0.6) is 0 Å². The van der Waals surface area contributed by atoms with Crippen LogP contribution in [-0.4, -0.2) is 20.8 Å². The number of aromatic nitrogens is 3. The van der Waals surface area contributed by atoms with Crippen molar-refractivity contribution in [3.63, 3.8) is 0 Å². The number of hydrogen-bond donors (Lipinski definition) is 0. The number of benzene rings is 2. The van der Waals surface area contributed by atoms with Crippen molar-refractivity contribution in [1.29, 1.82) is 0 Å². The highest BCUT2D eigenvalue weighted by atomic mass is 79.9. The molecule has 0 saturated carbocycles. The molecule has 0 atom stereocenters. The molecule has 114 valence electrons. The van der Waals surface area contributed by atoms with Crippen LogP contribution in [0.3, 0.4) is 0 Å². The summed E-state index contributed by atoms with van der Waals surface area (Å²) < 4.78 is 2.65.